The Morgan fingerprint density at radius 2 is 1.89 bits per heavy atom. The molecule has 2 aromatic rings. The van der Waals surface area contributed by atoms with E-state index in [0.29, 0.717) is 11.1 Å². The highest BCUT2D eigenvalue weighted by Crippen LogP contribution is 2.20. The molecule has 2 nitrogen and oxygen atoms in total. The van der Waals surface area contributed by atoms with E-state index in [1.807, 2.05) is 0 Å². The Morgan fingerprint density at radius 3 is 2.50 bits per heavy atom. The number of nitriles is 1. The second-order valence-corrected chi connectivity index (χ2v) is 3.77. The highest BCUT2D eigenvalue weighted by Gasteiger charge is 2.01. The van der Waals surface area contributed by atoms with Gasteiger partial charge in [0, 0.05) is 0 Å². The molecule has 0 unspecified atom stereocenters. The van der Waals surface area contributed by atoms with Gasteiger partial charge in [0.25, 0.3) is 0 Å². The van der Waals surface area contributed by atoms with E-state index < -0.39 is 0 Å². The average Bonchev–Trinajstić information content (AvgIpc) is 2.37. The van der Waals surface area contributed by atoms with Gasteiger partial charge in [-0.25, -0.2) is 4.39 Å². The second-order valence-electron chi connectivity index (χ2n) is 3.77. The topological polar surface area (TPSA) is 44.0 Å². The normalized spacial score (nSPS) is 11.0. The van der Waals surface area contributed by atoms with E-state index >= 15 is 0 Å². The summed E-state index contributed by atoms with van der Waals surface area (Å²) in [6, 6.07) is 14.4. The molecule has 0 spiro atoms. The Morgan fingerprint density at radius 1 is 1.17 bits per heavy atom. The van der Waals surface area contributed by atoms with Crippen molar-refractivity contribution in [1.82, 2.24) is 0 Å². The van der Waals surface area contributed by atoms with Crippen molar-refractivity contribution in [2.24, 2.45) is 0 Å². The molecule has 0 radical (unpaired) electrons. The van der Waals surface area contributed by atoms with Crippen molar-refractivity contribution in [3.63, 3.8) is 0 Å². The predicted octanol–water partition coefficient (Wildman–Crippen LogP) is 3.60. The Kier molecular flexibility index (Phi) is 3.40. The summed E-state index contributed by atoms with van der Waals surface area (Å²) in [6.07, 6.45) is 1.65. The zero-order valence-corrected chi connectivity index (χ0v) is 9.47. The van der Waals surface area contributed by atoms with Crippen molar-refractivity contribution in [3.05, 3.63) is 65.5 Å². The number of phenols is 1. The van der Waals surface area contributed by atoms with Crippen LogP contribution in [0.1, 0.15) is 11.1 Å². The first kappa shape index (κ1) is 11.9. The molecule has 1 N–H and O–H groups in total. The van der Waals surface area contributed by atoms with Crippen LogP contribution in [0, 0.1) is 17.1 Å². The van der Waals surface area contributed by atoms with Crippen LogP contribution >= 0.6 is 0 Å². The molecule has 0 bridgehead atoms. The van der Waals surface area contributed by atoms with Crippen LogP contribution in [0.15, 0.2) is 48.5 Å². The van der Waals surface area contributed by atoms with Crippen LogP contribution in [-0.2, 0) is 0 Å². The highest BCUT2D eigenvalue weighted by molar-refractivity contribution is 5.89. The summed E-state index contributed by atoms with van der Waals surface area (Å²) < 4.78 is 12.8. The Labute approximate surface area is 104 Å². The van der Waals surface area contributed by atoms with Gasteiger partial charge in [0.2, 0.25) is 0 Å². The van der Waals surface area contributed by atoms with Gasteiger partial charge < -0.3 is 5.11 Å². The number of nitrogens with zero attached hydrogens (tertiary/aromatic N) is 1. The molecule has 0 amide bonds. The largest absolute Gasteiger partial charge is 0.508 e. The third-order valence-electron chi connectivity index (χ3n) is 2.46. The number of rotatable bonds is 2. The molecule has 0 saturated heterocycles. The Bertz CT molecular complexity index is 624. The van der Waals surface area contributed by atoms with Crippen LogP contribution in [0.4, 0.5) is 4.39 Å². The lowest BCUT2D eigenvalue weighted by Crippen LogP contribution is -1.83. The Balaban J connectivity index is 2.40. The smallest absolute Gasteiger partial charge is 0.123 e. The molecular weight excluding hydrogens is 229 g/mol. The molecule has 0 heterocycles. The molecule has 88 valence electrons. The van der Waals surface area contributed by atoms with E-state index in [-0.39, 0.29) is 11.6 Å². The SMILES string of the molecule is N#C/C(=C/c1cccc(O)c1)c1ccc(F)cc1. The third kappa shape index (κ3) is 2.74. The van der Waals surface area contributed by atoms with Crippen molar-refractivity contribution < 1.29 is 9.50 Å². The number of hydrogen-bond acceptors (Lipinski definition) is 2. The standard InChI is InChI=1S/C15H10FNO/c16-14-6-4-12(5-7-14)13(10-17)8-11-2-1-3-15(18)9-11/h1-9,18H/b13-8-. The average molecular weight is 239 g/mol. The van der Waals surface area contributed by atoms with Crippen LogP contribution in [0.5, 0.6) is 5.75 Å². The lowest BCUT2D eigenvalue weighted by atomic mass is 10.0. The summed E-state index contributed by atoms with van der Waals surface area (Å²) in [7, 11) is 0. The van der Waals surface area contributed by atoms with E-state index in [1.165, 1.54) is 12.1 Å². The lowest BCUT2D eigenvalue weighted by molar-refractivity contribution is 0.475. The molecule has 0 aliphatic heterocycles. The van der Waals surface area contributed by atoms with E-state index in [9.17, 15) is 9.50 Å². The molecule has 3 heteroatoms. The fraction of sp³-hybridized carbons (Fsp3) is 0. The quantitative estimate of drug-likeness (QED) is 0.642. The van der Waals surface area contributed by atoms with Crippen molar-refractivity contribution in [3.8, 4) is 11.8 Å². The first-order chi connectivity index (χ1) is 8.69. The van der Waals surface area contributed by atoms with E-state index in [0.717, 1.165) is 5.56 Å². The number of benzene rings is 2. The number of aromatic hydroxyl groups is 1. The molecule has 0 aliphatic carbocycles. The van der Waals surface area contributed by atoms with Gasteiger partial charge in [-0.2, -0.15) is 5.26 Å². The van der Waals surface area contributed by atoms with Gasteiger partial charge in [-0.05, 0) is 41.5 Å². The van der Waals surface area contributed by atoms with Crippen LogP contribution in [0.25, 0.3) is 11.6 Å². The molecule has 2 rings (SSSR count). The summed E-state index contributed by atoms with van der Waals surface area (Å²) in [6.45, 7) is 0. The number of halogens is 1. The predicted molar refractivity (Wildman–Crippen MR) is 68.0 cm³/mol. The van der Waals surface area contributed by atoms with Gasteiger partial charge in [-0.1, -0.05) is 24.3 Å². The first-order valence-corrected chi connectivity index (χ1v) is 5.36. The van der Waals surface area contributed by atoms with Gasteiger partial charge in [0.05, 0.1) is 11.6 Å². The molecular formula is C15H10FNO. The summed E-state index contributed by atoms with van der Waals surface area (Å²) in [4.78, 5) is 0. The maximum atomic E-state index is 12.8. The van der Waals surface area contributed by atoms with Crippen molar-refractivity contribution in [1.29, 1.82) is 5.26 Å². The van der Waals surface area contributed by atoms with E-state index in [1.54, 1.807) is 42.5 Å². The van der Waals surface area contributed by atoms with E-state index in [4.69, 9.17) is 5.26 Å². The first-order valence-electron chi connectivity index (χ1n) is 5.36. The molecule has 0 fully saturated rings. The van der Waals surface area contributed by atoms with Gasteiger partial charge in [0.15, 0.2) is 0 Å². The zero-order chi connectivity index (χ0) is 13.0. The van der Waals surface area contributed by atoms with E-state index in [2.05, 4.69) is 6.07 Å². The van der Waals surface area contributed by atoms with Crippen LogP contribution in [-0.4, -0.2) is 5.11 Å². The fourth-order valence-electron chi connectivity index (χ4n) is 1.59. The molecule has 0 atom stereocenters. The van der Waals surface area contributed by atoms with Gasteiger partial charge in [-0.15, -0.1) is 0 Å². The number of hydrogen-bond donors (Lipinski definition) is 1. The van der Waals surface area contributed by atoms with Crippen molar-refractivity contribution in [2.75, 3.05) is 0 Å². The summed E-state index contributed by atoms with van der Waals surface area (Å²) in [5.74, 6) is -0.200. The Hall–Kier alpha value is -2.60. The highest BCUT2D eigenvalue weighted by atomic mass is 19.1. The van der Waals surface area contributed by atoms with Crippen molar-refractivity contribution in [2.45, 2.75) is 0 Å². The number of allylic oxidation sites excluding steroid dienone is 1. The molecule has 0 aliphatic rings. The van der Waals surface area contributed by atoms with Gasteiger partial charge in [0.1, 0.15) is 11.6 Å². The van der Waals surface area contributed by atoms with Crippen LogP contribution in [0.2, 0.25) is 0 Å². The molecule has 2 aromatic carbocycles. The molecule has 0 saturated carbocycles. The zero-order valence-electron chi connectivity index (χ0n) is 9.47. The third-order valence-corrected chi connectivity index (χ3v) is 2.46. The van der Waals surface area contributed by atoms with Gasteiger partial charge >= 0.3 is 0 Å². The van der Waals surface area contributed by atoms with Crippen LogP contribution < -0.4 is 0 Å². The molecule has 0 aromatic heterocycles. The minimum Gasteiger partial charge on any atom is -0.508 e. The summed E-state index contributed by atoms with van der Waals surface area (Å²) in [5.41, 5.74) is 1.78. The van der Waals surface area contributed by atoms with Crippen molar-refractivity contribution >= 4 is 11.6 Å². The molecule has 18 heavy (non-hydrogen) atoms. The fourth-order valence-corrected chi connectivity index (χ4v) is 1.59. The number of phenolic OH excluding ortho intramolecular Hbond substituents is 1. The van der Waals surface area contributed by atoms with Gasteiger partial charge in [-0.3, -0.25) is 0 Å². The monoisotopic (exact) mass is 239 g/mol. The minimum absolute atomic E-state index is 0.139. The van der Waals surface area contributed by atoms with Crippen LogP contribution in [0.3, 0.4) is 0 Å². The minimum atomic E-state index is -0.339. The summed E-state index contributed by atoms with van der Waals surface area (Å²) in [5, 5.41) is 18.4. The maximum Gasteiger partial charge on any atom is 0.123 e. The maximum absolute atomic E-state index is 12.8. The summed E-state index contributed by atoms with van der Waals surface area (Å²) >= 11 is 0. The second kappa shape index (κ2) is 5.15. The lowest BCUT2D eigenvalue weighted by Gasteiger charge is -2.00.